The largest absolute Gasteiger partial charge is 0.382 e. The molecule has 0 aliphatic rings. The molecule has 5 nitrogen and oxygen atoms in total. The number of aromatic amines is 1. The van der Waals surface area contributed by atoms with Gasteiger partial charge in [0.25, 0.3) is 0 Å². The molecule has 0 saturated heterocycles. The monoisotopic (exact) mass is 211 g/mol. The van der Waals surface area contributed by atoms with E-state index in [1.807, 2.05) is 30.3 Å². The van der Waals surface area contributed by atoms with Crippen LogP contribution >= 0.6 is 0 Å². The summed E-state index contributed by atoms with van der Waals surface area (Å²) in [5.41, 5.74) is 8.17. The van der Waals surface area contributed by atoms with Crippen LogP contribution in [0.1, 0.15) is 0 Å². The third kappa shape index (κ3) is 1.30. The molecule has 1 aromatic carbocycles. The molecule has 0 fully saturated rings. The van der Waals surface area contributed by atoms with Crippen LogP contribution in [-0.4, -0.2) is 20.2 Å². The summed E-state index contributed by atoms with van der Waals surface area (Å²) in [7, 11) is 0. The van der Waals surface area contributed by atoms with E-state index in [9.17, 15) is 0 Å². The van der Waals surface area contributed by atoms with Gasteiger partial charge in [-0.1, -0.05) is 30.3 Å². The first-order valence-corrected chi connectivity index (χ1v) is 4.86. The molecule has 2 heterocycles. The second-order valence-corrected chi connectivity index (χ2v) is 3.43. The Hall–Kier alpha value is -2.43. The van der Waals surface area contributed by atoms with Gasteiger partial charge >= 0.3 is 0 Å². The molecule has 3 N–H and O–H groups in total. The molecule has 2 aromatic heterocycles. The van der Waals surface area contributed by atoms with E-state index in [0.717, 1.165) is 11.1 Å². The molecular formula is C11H9N5. The Balaban J connectivity index is 2.25. The van der Waals surface area contributed by atoms with Gasteiger partial charge in [0.2, 0.25) is 0 Å². The van der Waals surface area contributed by atoms with E-state index in [0.29, 0.717) is 17.2 Å². The number of nitrogens with two attached hydrogens (primary N) is 1. The number of aromatic nitrogens is 4. The number of anilines is 1. The highest BCUT2D eigenvalue weighted by Crippen LogP contribution is 2.20. The Morgan fingerprint density at radius 2 is 1.88 bits per heavy atom. The summed E-state index contributed by atoms with van der Waals surface area (Å²) in [5, 5.41) is 6.66. The summed E-state index contributed by atoms with van der Waals surface area (Å²) >= 11 is 0. The van der Waals surface area contributed by atoms with Crippen LogP contribution in [0.4, 0.5) is 5.82 Å². The van der Waals surface area contributed by atoms with E-state index in [-0.39, 0.29) is 0 Å². The number of rotatable bonds is 1. The predicted octanol–water partition coefficient (Wildman–Crippen LogP) is 1.60. The molecule has 0 radical (unpaired) electrons. The molecular weight excluding hydrogens is 202 g/mol. The van der Waals surface area contributed by atoms with Gasteiger partial charge in [-0.25, -0.2) is 9.97 Å². The van der Waals surface area contributed by atoms with Gasteiger partial charge in [-0.2, -0.15) is 5.10 Å². The first kappa shape index (κ1) is 8.84. The Labute approximate surface area is 91.3 Å². The van der Waals surface area contributed by atoms with Crippen LogP contribution in [0.3, 0.4) is 0 Å². The van der Waals surface area contributed by atoms with Crippen LogP contribution in [0, 0.1) is 0 Å². The van der Waals surface area contributed by atoms with Crippen LogP contribution in [-0.2, 0) is 0 Å². The minimum Gasteiger partial charge on any atom is -0.382 e. The predicted molar refractivity (Wildman–Crippen MR) is 61.5 cm³/mol. The molecule has 0 bridgehead atoms. The van der Waals surface area contributed by atoms with Gasteiger partial charge in [0.15, 0.2) is 11.6 Å². The van der Waals surface area contributed by atoms with Crippen molar-refractivity contribution in [3.05, 3.63) is 36.5 Å². The molecule has 0 unspecified atom stereocenters. The van der Waals surface area contributed by atoms with E-state index >= 15 is 0 Å². The molecule has 0 spiro atoms. The van der Waals surface area contributed by atoms with E-state index in [4.69, 9.17) is 5.73 Å². The molecule has 16 heavy (non-hydrogen) atoms. The summed E-state index contributed by atoms with van der Waals surface area (Å²) in [4.78, 5) is 8.62. The zero-order valence-corrected chi connectivity index (χ0v) is 8.38. The van der Waals surface area contributed by atoms with Crippen LogP contribution in [0.15, 0.2) is 36.5 Å². The molecule has 78 valence electrons. The molecule has 5 heteroatoms. The highest BCUT2D eigenvalue weighted by molar-refractivity contribution is 5.85. The van der Waals surface area contributed by atoms with Gasteiger partial charge < -0.3 is 5.73 Å². The number of hydrogen-bond acceptors (Lipinski definition) is 4. The fraction of sp³-hybridized carbons (Fsp3) is 0. The third-order valence-electron chi connectivity index (χ3n) is 2.36. The Kier molecular flexibility index (Phi) is 1.83. The lowest BCUT2D eigenvalue weighted by molar-refractivity contribution is 1.12. The Morgan fingerprint density at radius 1 is 1.06 bits per heavy atom. The molecule has 0 atom stereocenters. The molecule has 3 aromatic rings. The maximum Gasteiger partial charge on any atom is 0.162 e. The van der Waals surface area contributed by atoms with Crippen molar-refractivity contribution >= 4 is 16.9 Å². The second-order valence-electron chi connectivity index (χ2n) is 3.43. The average molecular weight is 211 g/mol. The smallest absolute Gasteiger partial charge is 0.162 e. The number of nitrogens with one attached hydrogen (secondary N) is 1. The SMILES string of the molecule is Nc1nc(-c2ccccc2)nc2cn[nH]c12. The van der Waals surface area contributed by atoms with Gasteiger partial charge in [-0.3, -0.25) is 5.10 Å². The zero-order valence-electron chi connectivity index (χ0n) is 8.38. The third-order valence-corrected chi connectivity index (χ3v) is 2.36. The second kappa shape index (κ2) is 3.30. The van der Waals surface area contributed by atoms with Gasteiger partial charge in [0, 0.05) is 5.56 Å². The lowest BCUT2D eigenvalue weighted by atomic mass is 10.2. The summed E-state index contributed by atoms with van der Waals surface area (Å²) in [6, 6.07) is 9.72. The fourth-order valence-corrected chi connectivity index (χ4v) is 1.58. The first-order valence-electron chi connectivity index (χ1n) is 4.86. The zero-order chi connectivity index (χ0) is 11.0. The maximum absolute atomic E-state index is 5.82. The summed E-state index contributed by atoms with van der Waals surface area (Å²) in [5.74, 6) is 1.04. The molecule has 0 aliphatic carbocycles. The highest BCUT2D eigenvalue weighted by atomic mass is 15.1. The number of nitrogens with zero attached hydrogens (tertiary/aromatic N) is 3. The van der Waals surface area contributed by atoms with Crippen molar-refractivity contribution in [3.8, 4) is 11.4 Å². The molecule has 0 amide bonds. The fourth-order valence-electron chi connectivity index (χ4n) is 1.58. The van der Waals surface area contributed by atoms with Gasteiger partial charge in [0.1, 0.15) is 11.0 Å². The van der Waals surface area contributed by atoms with E-state index < -0.39 is 0 Å². The number of H-pyrrole nitrogens is 1. The molecule has 3 rings (SSSR count). The lowest BCUT2D eigenvalue weighted by Gasteiger charge is -2.01. The van der Waals surface area contributed by atoms with Crippen molar-refractivity contribution in [1.82, 2.24) is 20.2 Å². The standard InChI is InChI=1S/C11H9N5/c12-10-9-8(6-13-16-9)14-11(15-10)7-4-2-1-3-5-7/h1-6H,(H,13,16)(H2,12,14,15). The summed E-state index contributed by atoms with van der Waals surface area (Å²) in [6.07, 6.45) is 1.64. The van der Waals surface area contributed by atoms with Crippen LogP contribution in [0.5, 0.6) is 0 Å². The Morgan fingerprint density at radius 3 is 2.69 bits per heavy atom. The maximum atomic E-state index is 5.82. The van der Waals surface area contributed by atoms with Crippen LogP contribution in [0.2, 0.25) is 0 Å². The van der Waals surface area contributed by atoms with Crippen LogP contribution in [0.25, 0.3) is 22.4 Å². The van der Waals surface area contributed by atoms with Gasteiger partial charge in [0.05, 0.1) is 6.20 Å². The van der Waals surface area contributed by atoms with E-state index in [2.05, 4.69) is 20.2 Å². The number of hydrogen-bond donors (Lipinski definition) is 2. The highest BCUT2D eigenvalue weighted by Gasteiger charge is 2.07. The summed E-state index contributed by atoms with van der Waals surface area (Å²) in [6.45, 7) is 0. The number of nitrogen functional groups attached to an aromatic ring is 1. The normalized spacial score (nSPS) is 10.8. The van der Waals surface area contributed by atoms with Crippen molar-refractivity contribution in [2.45, 2.75) is 0 Å². The minimum absolute atomic E-state index is 0.418. The van der Waals surface area contributed by atoms with Gasteiger partial charge in [-0.15, -0.1) is 0 Å². The van der Waals surface area contributed by atoms with Crippen molar-refractivity contribution in [2.24, 2.45) is 0 Å². The topological polar surface area (TPSA) is 80.5 Å². The van der Waals surface area contributed by atoms with Crippen molar-refractivity contribution in [2.75, 3.05) is 5.73 Å². The number of fused-ring (bicyclic) bond motifs is 1. The quantitative estimate of drug-likeness (QED) is 0.640. The van der Waals surface area contributed by atoms with Crippen molar-refractivity contribution < 1.29 is 0 Å². The Bertz CT molecular complexity index is 629. The van der Waals surface area contributed by atoms with E-state index in [1.165, 1.54) is 0 Å². The van der Waals surface area contributed by atoms with Crippen molar-refractivity contribution in [3.63, 3.8) is 0 Å². The van der Waals surface area contributed by atoms with Crippen LogP contribution < -0.4 is 5.73 Å². The molecule has 0 aliphatic heterocycles. The van der Waals surface area contributed by atoms with Gasteiger partial charge in [-0.05, 0) is 0 Å². The minimum atomic E-state index is 0.418. The first-order chi connectivity index (χ1) is 7.84. The summed E-state index contributed by atoms with van der Waals surface area (Å²) < 4.78 is 0. The van der Waals surface area contributed by atoms with Crippen molar-refractivity contribution in [1.29, 1.82) is 0 Å². The lowest BCUT2D eigenvalue weighted by Crippen LogP contribution is -1.96. The molecule has 0 saturated carbocycles. The van der Waals surface area contributed by atoms with E-state index in [1.54, 1.807) is 6.20 Å². The number of benzene rings is 1. The average Bonchev–Trinajstić information content (AvgIpc) is 2.79.